The van der Waals surface area contributed by atoms with Gasteiger partial charge >= 0.3 is 21.3 Å². The van der Waals surface area contributed by atoms with Crippen LogP contribution in [0.1, 0.15) is 19.3 Å². The third kappa shape index (κ3) is 2.07. The molecule has 10 heteroatoms. The fraction of sp³-hybridized carbons (Fsp3) is 0.909. The lowest BCUT2D eigenvalue weighted by molar-refractivity contribution is -0.256. The molecule has 3 unspecified atom stereocenters. The minimum absolute atomic E-state index is 0.0674. The molecule has 120 valence electrons. The summed E-state index contributed by atoms with van der Waals surface area (Å²) in [6.07, 6.45) is 0.955. The van der Waals surface area contributed by atoms with Crippen molar-refractivity contribution in [2.45, 2.75) is 36.4 Å². The molecule has 2 saturated carbocycles. The summed E-state index contributed by atoms with van der Waals surface area (Å²) in [6, 6.07) is 0. The molecule has 0 radical (unpaired) electrons. The van der Waals surface area contributed by atoms with Crippen molar-refractivity contribution >= 4 is 16.1 Å². The Morgan fingerprint density at radius 3 is 2.48 bits per heavy atom. The molecule has 3 fully saturated rings. The van der Waals surface area contributed by atoms with Gasteiger partial charge < -0.3 is 14.2 Å². The van der Waals surface area contributed by atoms with Crippen LogP contribution in [0.15, 0.2) is 0 Å². The molecule has 0 aromatic carbocycles. The molecule has 3 atom stereocenters. The summed E-state index contributed by atoms with van der Waals surface area (Å²) < 4.78 is 71.9. The molecule has 1 saturated heterocycles. The van der Waals surface area contributed by atoms with Crippen molar-refractivity contribution in [3.05, 3.63) is 0 Å². The monoisotopic (exact) mass is 328 g/mol. The third-order valence-corrected chi connectivity index (χ3v) is 5.22. The van der Waals surface area contributed by atoms with Crippen molar-refractivity contribution in [3.63, 3.8) is 0 Å². The number of hydrogen-bond donors (Lipinski definition) is 1. The van der Waals surface area contributed by atoms with Crippen LogP contribution in [0.5, 0.6) is 0 Å². The zero-order valence-electron chi connectivity index (χ0n) is 10.8. The smallest absolute Gasteiger partial charge is 0.451 e. The van der Waals surface area contributed by atoms with E-state index in [0.717, 1.165) is 6.42 Å². The molecule has 21 heavy (non-hydrogen) atoms. The molecule has 0 aromatic heterocycles. The van der Waals surface area contributed by atoms with Crippen molar-refractivity contribution in [2.24, 2.45) is 11.8 Å². The van der Waals surface area contributed by atoms with Crippen molar-refractivity contribution in [3.8, 4) is 0 Å². The van der Waals surface area contributed by atoms with Crippen LogP contribution in [0.3, 0.4) is 0 Å². The molecule has 7 nitrogen and oxygen atoms in total. The molecule has 3 rings (SSSR count). The molecule has 2 bridgehead atoms. The lowest BCUT2D eigenvalue weighted by Gasteiger charge is -2.38. The van der Waals surface area contributed by atoms with Gasteiger partial charge in [-0.05, 0) is 19.3 Å². The quantitative estimate of drug-likeness (QED) is 0.596. The zero-order chi connectivity index (χ0) is 15.5. The molecule has 0 aromatic rings. The van der Waals surface area contributed by atoms with Gasteiger partial charge in [0.25, 0.3) is 0 Å². The number of ether oxygens (including phenoxy) is 3. The average Bonchev–Trinajstić information content (AvgIpc) is 3.08. The molecule has 1 heterocycles. The van der Waals surface area contributed by atoms with Crippen LogP contribution in [-0.4, -0.2) is 49.3 Å². The van der Waals surface area contributed by atoms with Crippen LogP contribution in [0.2, 0.25) is 0 Å². The van der Waals surface area contributed by atoms with Gasteiger partial charge in [0.05, 0.1) is 13.2 Å². The van der Waals surface area contributed by atoms with Crippen LogP contribution in [0.4, 0.5) is 8.78 Å². The van der Waals surface area contributed by atoms with Crippen LogP contribution in [-0.2, 0) is 29.1 Å². The van der Waals surface area contributed by atoms with E-state index in [9.17, 15) is 22.0 Å². The highest BCUT2D eigenvalue weighted by molar-refractivity contribution is 7.87. The molecule has 3 aliphatic rings. The number of alkyl halides is 2. The summed E-state index contributed by atoms with van der Waals surface area (Å²) in [6.45, 7) is 0.512. The van der Waals surface area contributed by atoms with Gasteiger partial charge in [-0.25, -0.2) is 4.79 Å². The second kappa shape index (κ2) is 4.58. The predicted octanol–water partition coefficient (Wildman–Crippen LogP) is 0.552. The lowest BCUT2D eigenvalue weighted by atomic mass is 9.91. The molecule has 2 aliphatic carbocycles. The van der Waals surface area contributed by atoms with Gasteiger partial charge in [0.2, 0.25) is 5.79 Å². The van der Waals surface area contributed by atoms with Gasteiger partial charge in [-0.2, -0.15) is 17.2 Å². The number of esters is 1. The van der Waals surface area contributed by atoms with Crippen molar-refractivity contribution in [1.82, 2.24) is 0 Å². The summed E-state index contributed by atoms with van der Waals surface area (Å²) in [5, 5.41) is -5.01. The van der Waals surface area contributed by atoms with Gasteiger partial charge in [-0.1, -0.05) is 0 Å². The Balaban J connectivity index is 1.83. The Morgan fingerprint density at radius 2 is 1.90 bits per heavy atom. The highest BCUT2D eigenvalue weighted by atomic mass is 32.2. The summed E-state index contributed by atoms with van der Waals surface area (Å²) >= 11 is 0. The third-order valence-electron chi connectivity index (χ3n) is 4.40. The molecule has 1 aliphatic heterocycles. The van der Waals surface area contributed by atoms with Gasteiger partial charge in [0.1, 0.15) is 0 Å². The number of carbonyl (C=O) groups excluding carboxylic acids is 1. The second-order valence-electron chi connectivity index (χ2n) is 5.51. The number of hydrogen-bond acceptors (Lipinski definition) is 6. The SMILES string of the molecule is O=C(OC1C2CCC(C2)C12OCCO2)C(F)(F)S(=O)(=O)O. The summed E-state index contributed by atoms with van der Waals surface area (Å²) in [7, 11) is -5.88. The maximum absolute atomic E-state index is 13.3. The van der Waals surface area contributed by atoms with Crippen LogP contribution < -0.4 is 0 Å². The van der Waals surface area contributed by atoms with E-state index in [0.29, 0.717) is 12.8 Å². The minimum Gasteiger partial charge on any atom is -0.451 e. The Morgan fingerprint density at radius 1 is 1.29 bits per heavy atom. The van der Waals surface area contributed by atoms with E-state index < -0.39 is 33.2 Å². The maximum Gasteiger partial charge on any atom is 0.465 e. The van der Waals surface area contributed by atoms with E-state index in [4.69, 9.17) is 18.8 Å². The summed E-state index contributed by atoms with van der Waals surface area (Å²) in [4.78, 5) is 11.5. The molecular formula is C11H14F2O7S. The van der Waals surface area contributed by atoms with Crippen LogP contribution in [0.25, 0.3) is 0 Å². The van der Waals surface area contributed by atoms with E-state index in [1.165, 1.54) is 0 Å². The molecular weight excluding hydrogens is 314 g/mol. The standard InChI is InChI=1S/C11H14F2O7S/c12-11(13,21(15,16)17)9(14)20-8-6-1-2-7(5-6)10(8)18-3-4-19-10/h6-8H,1-5H2,(H,15,16,17). The Kier molecular flexibility index (Phi) is 3.28. The Bertz CT molecular complexity index is 555. The first kappa shape index (κ1) is 15.1. The highest BCUT2D eigenvalue weighted by Gasteiger charge is 2.66. The normalized spacial score (nSPS) is 34.5. The second-order valence-corrected chi connectivity index (χ2v) is 6.97. The fourth-order valence-corrected chi connectivity index (χ4v) is 3.79. The van der Waals surface area contributed by atoms with Gasteiger partial charge in [0.15, 0.2) is 6.10 Å². The van der Waals surface area contributed by atoms with E-state index in [1.807, 2.05) is 0 Å². The first-order valence-electron chi connectivity index (χ1n) is 6.52. The summed E-state index contributed by atoms with van der Waals surface area (Å²) in [5.74, 6) is -3.84. The number of fused-ring (bicyclic) bond motifs is 3. The van der Waals surface area contributed by atoms with E-state index in [2.05, 4.69) is 0 Å². The summed E-state index contributed by atoms with van der Waals surface area (Å²) in [5.41, 5.74) is 0. The van der Waals surface area contributed by atoms with Crippen LogP contribution in [0, 0.1) is 11.8 Å². The first-order valence-corrected chi connectivity index (χ1v) is 7.96. The fourth-order valence-electron chi connectivity index (χ4n) is 3.53. The number of halogens is 2. The average molecular weight is 328 g/mol. The van der Waals surface area contributed by atoms with E-state index in [1.54, 1.807) is 0 Å². The van der Waals surface area contributed by atoms with Crippen molar-refractivity contribution in [1.29, 1.82) is 0 Å². The number of carbonyl (C=O) groups is 1. The van der Waals surface area contributed by atoms with E-state index >= 15 is 0 Å². The highest BCUT2D eigenvalue weighted by Crippen LogP contribution is 2.56. The molecule has 0 amide bonds. The minimum atomic E-state index is -5.88. The molecule has 1 spiro atoms. The van der Waals surface area contributed by atoms with Crippen LogP contribution >= 0.6 is 0 Å². The van der Waals surface area contributed by atoms with Gasteiger partial charge in [-0.15, -0.1) is 0 Å². The first-order chi connectivity index (χ1) is 9.68. The zero-order valence-corrected chi connectivity index (χ0v) is 11.6. The largest absolute Gasteiger partial charge is 0.465 e. The van der Waals surface area contributed by atoms with Crippen molar-refractivity contribution in [2.75, 3.05) is 13.2 Å². The van der Waals surface area contributed by atoms with E-state index in [-0.39, 0.29) is 25.0 Å². The number of rotatable bonds is 3. The topological polar surface area (TPSA) is 99.1 Å². The molecule has 1 N–H and O–H groups in total. The van der Waals surface area contributed by atoms with Gasteiger partial charge in [0, 0.05) is 11.8 Å². The van der Waals surface area contributed by atoms with Crippen molar-refractivity contribution < 1.29 is 40.8 Å². The van der Waals surface area contributed by atoms with Gasteiger partial charge in [-0.3, -0.25) is 4.55 Å². The lowest BCUT2D eigenvalue weighted by Crippen LogP contribution is -2.53. The maximum atomic E-state index is 13.3. The Hall–Kier alpha value is -0.840. The predicted molar refractivity (Wildman–Crippen MR) is 61.8 cm³/mol. The Labute approximate surface area is 119 Å².